The molecule has 0 saturated heterocycles. The minimum Gasteiger partial charge on any atom is -0.491 e. The maximum atomic E-state index is 5.81. The van der Waals surface area contributed by atoms with Crippen molar-refractivity contribution in [2.24, 2.45) is 0 Å². The standard InChI is InChI=1S/C8H7ClN2O/c1-12-7-6-3-2-4-11(6)5-10-8(7)9/h2-5H,1H3. The van der Waals surface area contributed by atoms with E-state index in [-0.39, 0.29) is 0 Å². The van der Waals surface area contributed by atoms with Crippen LogP contribution in [0, 0.1) is 0 Å². The molecule has 0 fully saturated rings. The number of aromatic nitrogens is 2. The molecule has 0 aliphatic heterocycles. The molecular weight excluding hydrogens is 176 g/mol. The minimum absolute atomic E-state index is 0.392. The Kier molecular flexibility index (Phi) is 1.66. The van der Waals surface area contributed by atoms with Crippen LogP contribution in [0.4, 0.5) is 0 Å². The molecule has 0 aromatic carbocycles. The third-order valence-corrected chi connectivity index (χ3v) is 1.97. The number of halogens is 1. The summed E-state index contributed by atoms with van der Waals surface area (Å²) in [5.41, 5.74) is 0.928. The number of hydrogen-bond donors (Lipinski definition) is 0. The first-order chi connectivity index (χ1) is 5.83. The number of nitrogens with zero attached hydrogens (tertiary/aromatic N) is 2. The van der Waals surface area contributed by atoms with Crippen molar-refractivity contribution in [1.82, 2.24) is 9.38 Å². The van der Waals surface area contributed by atoms with Crippen LogP contribution in [-0.2, 0) is 0 Å². The summed E-state index contributed by atoms with van der Waals surface area (Å²) < 4.78 is 6.95. The van der Waals surface area contributed by atoms with Crippen molar-refractivity contribution in [1.29, 1.82) is 0 Å². The Bertz CT molecular complexity index is 410. The van der Waals surface area contributed by atoms with Crippen LogP contribution in [0.5, 0.6) is 5.75 Å². The number of hydrogen-bond acceptors (Lipinski definition) is 2. The molecule has 0 saturated carbocycles. The van der Waals surface area contributed by atoms with Crippen LogP contribution < -0.4 is 4.74 Å². The van der Waals surface area contributed by atoms with Crippen molar-refractivity contribution in [2.45, 2.75) is 0 Å². The number of methoxy groups -OCH3 is 1. The van der Waals surface area contributed by atoms with Gasteiger partial charge in [-0.3, -0.25) is 0 Å². The lowest BCUT2D eigenvalue weighted by molar-refractivity contribution is 0.416. The lowest BCUT2D eigenvalue weighted by Crippen LogP contribution is -1.92. The van der Waals surface area contributed by atoms with Gasteiger partial charge < -0.3 is 9.14 Å². The predicted octanol–water partition coefficient (Wildman–Crippen LogP) is 2.00. The first-order valence-corrected chi connectivity index (χ1v) is 3.86. The molecule has 0 unspecified atom stereocenters. The van der Waals surface area contributed by atoms with Gasteiger partial charge in [0.1, 0.15) is 6.33 Å². The highest BCUT2D eigenvalue weighted by molar-refractivity contribution is 6.31. The molecule has 0 aliphatic carbocycles. The highest BCUT2D eigenvalue weighted by atomic mass is 35.5. The average Bonchev–Trinajstić information content (AvgIpc) is 2.52. The van der Waals surface area contributed by atoms with Crippen molar-refractivity contribution >= 4 is 17.1 Å². The van der Waals surface area contributed by atoms with Crippen molar-refractivity contribution in [3.63, 3.8) is 0 Å². The first-order valence-electron chi connectivity index (χ1n) is 3.48. The molecule has 4 heteroatoms. The van der Waals surface area contributed by atoms with Gasteiger partial charge in [0, 0.05) is 6.20 Å². The normalized spacial score (nSPS) is 10.5. The lowest BCUT2D eigenvalue weighted by atomic mass is 10.4. The largest absolute Gasteiger partial charge is 0.491 e. The molecule has 0 radical (unpaired) electrons. The third-order valence-electron chi connectivity index (χ3n) is 1.70. The van der Waals surface area contributed by atoms with Gasteiger partial charge in [-0.25, -0.2) is 4.98 Å². The molecular formula is C8H7ClN2O. The van der Waals surface area contributed by atoms with Gasteiger partial charge in [0.15, 0.2) is 10.9 Å². The van der Waals surface area contributed by atoms with E-state index in [2.05, 4.69) is 4.98 Å². The fourth-order valence-electron chi connectivity index (χ4n) is 1.15. The maximum Gasteiger partial charge on any atom is 0.180 e. The molecule has 0 N–H and O–H groups in total. The molecule has 2 heterocycles. The van der Waals surface area contributed by atoms with Crippen LogP contribution in [0.25, 0.3) is 5.52 Å². The van der Waals surface area contributed by atoms with Gasteiger partial charge in [-0.1, -0.05) is 11.6 Å². The molecule has 3 nitrogen and oxygen atoms in total. The van der Waals surface area contributed by atoms with E-state index in [1.807, 2.05) is 22.7 Å². The van der Waals surface area contributed by atoms with E-state index in [0.29, 0.717) is 10.9 Å². The van der Waals surface area contributed by atoms with E-state index < -0.39 is 0 Å². The zero-order chi connectivity index (χ0) is 8.55. The molecule has 0 amide bonds. The number of fused-ring (bicyclic) bond motifs is 1. The molecule has 12 heavy (non-hydrogen) atoms. The van der Waals surface area contributed by atoms with Crippen molar-refractivity contribution in [3.8, 4) is 5.75 Å². The summed E-state index contributed by atoms with van der Waals surface area (Å²) in [4.78, 5) is 3.95. The van der Waals surface area contributed by atoms with E-state index in [4.69, 9.17) is 16.3 Å². The zero-order valence-electron chi connectivity index (χ0n) is 6.49. The predicted molar refractivity (Wildman–Crippen MR) is 46.8 cm³/mol. The smallest absolute Gasteiger partial charge is 0.180 e. The highest BCUT2D eigenvalue weighted by Gasteiger charge is 2.06. The van der Waals surface area contributed by atoms with Gasteiger partial charge in [-0.05, 0) is 12.1 Å². The van der Waals surface area contributed by atoms with Crippen LogP contribution in [0.15, 0.2) is 24.7 Å². The van der Waals surface area contributed by atoms with Crippen LogP contribution in [-0.4, -0.2) is 16.5 Å². The Hall–Kier alpha value is -1.22. The van der Waals surface area contributed by atoms with Gasteiger partial charge in [-0.2, -0.15) is 0 Å². The van der Waals surface area contributed by atoms with E-state index in [1.165, 1.54) is 0 Å². The first kappa shape index (κ1) is 7.43. The van der Waals surface area contributed by atoms with Crippen molar-refractivity contribution < 1.29 is 4.74 Å². The van der Waals surface area contributed by atoms with Crippen LogP contribution >= 0.6 is 11.6 Å². The quantitative estimate of drug-likeness (QED) is 0.631. The maximum absolute atomic E-state index is 5.81. The molecule has 62 valence electrons. The Labute approximate surface area is 74.6 Å². The average molecular weight is 183 g/mol. The minimum atomic E-state index is 0.392. The van der Waals surface area contributed by atoms with E-state index in [0.717, 1.165) is 5.52 Å². The van der Waals surface area contributed by atoms with Crippen LogP contribution in [0.2, 0.25) is 5.15 Å². The van der Waals surface area contributed by atoms with Gasteiger partial charge in [-0.15, -0.1) is 0 Å². The molecule has 2 aromatic heterocycles. The fourth-order valence-corrected chi connectivity index (χ4v) is 1.37. The van der Waals surface area contributed by atoms with E-state index >= 15 is 0 Å². The monoisotopic (exact) mass is 182 g/mol. The second-order valence-electron chi connectivity index (χ2n) is 2.37. The summed E-state index contributed by atoms with van der Waals surface area (Å²) in [6.07, 6.45) is 3.54. The molecule has 2 aromatic rings. The highest BCUT2D eigenvalue weighted by Crippen LogP contribution is 2.26. The Morgan fingerprint density at radius 2 is 2.42 bits per heavy atom. The van der Waals surface area contributed by atoms with Gasteiger partial charge in [0.05, 0.1) is 12.6 Å². The second-order valence-corrected chi connectivity index (χ2v) is 2.73. The molecule has 0 atom stereocenters. The Morgan fingerprint density at radius 1 is 1.58 bits per heavy atom. The van der Waals surface area contributed by atoms with Gasteiger partial charge in [0.25, 0.3) is 0 Å². The number of ether oxygens (including phenoxy) is 1. The van der Waals surface area contributed by atoms with E-state index in [1.54, 1.807) is 13.4 Å². The topological polar surface area (TPSA) is 26.5 Å². The Morgan fingerprint density at radius 3 is 3.17 bits per heavy atom. The zero-order valence-corrected chi connectivity index (χ0v) is 7.25. The van der Waals surface area contributed by atoms with Crippen LogP contribution in [0.1, 0.15) is 0 Å². The summed E-state index contributed by atoms with van der Waals surface area (Å²) in [6.45, 7) is 0. The third kappa shape index (κ3) is 0.940. The van der Waals surface area contributed by atoms with Crippen molar-refractivity contribution in [3.05, 3.63) is 29.8 Å². The summed E-state index contributed by atoms with van der Waals surface area (Å²) in [5.74, 6) is 0.615. The molecule has 2 rings (SSSR count). The summed E-state index contributed by atoms with van der Waals surface area (Å²) in [5, 5.41) is 0.392. The molecule has 0 spiro atoms. The fraction of sp³-hybridized carbons (Fsp3) is 0.125. The second kappa shape index (κ2) is 2.68. The van der Waals surface area contributed by atoms with Gasteiger partial charge >= 0.3 is 0 Å². The molecule has 0 aliphatic rings. The summed E-state index contributed by atoms with van der Waals surface area (Å²) in [6, 6.07) is 3.84. The van der Waals surface area contributed by atoms with Crippen LogP contribution in [0.3, 0.4) is 0 Å². The Balaban J connectivity index is 2.83. The number of rotatable bonds is 1. The summed E-state index contributed by atoms with van der Waals surface area (Å²) >= 11 is 5.81. The molecule has 0 bridgehead atoms. The van der Waals surface area contributed by atoms with Crippen molar-refractivity contribution in [2.75, 3.05) is 7.11 Å². The van der Waals surface area contributed by atoms with E-state index in [9.17, 15) is 0 Å². The SMILES string of the molecule is COc1c(Cl)ncn2cccc12. The summed E-state index contributed by atoms with van der Waals surface area (Å²) in [7, 11) is 1.58. The lowest BCUT2D eigenvalue weighted by Gasteiger charge is -2.03. The van der Waals surface area contributed by atoms with Gasteiger partial charge in [0.2, 0.25) is 0 Å².